The summed E-state index contributed by atoms with van der Waals surface area (Å²) < 4.78 is 0. The normalized spacial score (nSPS) is 11.5. The lowest BCUT2D eigenvalue weighted by Gasteiger charge is -2.10. The summed E-state index contributed by atoms with van der Waals surface area (Å²) in [6, 6.07) is 11.6. The molecule has 0 saturated heterocycles. The van der Waals surface area contributed by atoms with Crippen molar-refractivity contribution in [1.82, 2.24) is 19.9 Å². The Morgan fingerprint density at radius 3 is 2.67 bits per heavy atom. The zero-order chi connectivity index (χ0) is 16.6. The first-order valence-electron chi connectivity index (χ1n) is 7.62. The molecular formula is C18H16N6. The predicted molar refractivity (Wildman–Crippen MR) is 90.2 cm³/mol. The third kappa shape index (κ3) is 3.90. The lowest BCUT2D eigenvalue weighted by atomic mass is 9.98. The number of nitrogens with zero attached hydrogens (tertiary/aromatic N) is 5. The topological polar surface area (TPSA) is 87.4 Å². The van der Waals surface area contributed by atoms with E-state index in [9.17, 15) is 5.26 Å². The van der Waals surface area contributed by atoms with Gasteiger partial charge in [0.15, 0.2) is 0 Å². The summed E-state index contributed by atoms with van der Waals surface area (Å²) in [5.74, 6) is 0.0839. The Kier molecular flexibility index (Phi) is 5.05. The highest BCUT2D eigenvalue weighted by Crippen LogP contribution is 2.22. The van der Waals surface area contributed by atoms with E-state index >= 15 is 0 Å². The van der Waals surface area contributed by atoms with Crippen LogP contribution in [-0.2, 0) is 6.42 Å². The first kappa shape index (κ1) is 15.6. The third-order valence-electron chi connectivity index (χ3n) is 3.56. The van der Waals surface area contributed by atoms with Crippen LogP contribution >= 0.6 is 0 Å². The second kappa shape index (κ2) is 7.79. The Bertz CT molecular complexity index is 814. The molecule has 0 amide bonds. The van der Waals surface area contributed by atoms with Gasteiger partial charge in [0.2, 0.25) is 5.95 Å². The highest BCUT2D eigenvalue weighted by atomic mass is 15.1. The summed E-state index contributed by atoms with van der Waals surface area (Å²) in [7, 11) is 0. The smallest absolute Gasteiger partial charge is 0.222 e. The molecule has 0 aromatic carbocycles. The van der Waals surface area contributed by atoms with Gasteiger partial charge in [-0.2, -0.15) is 5.26 Å². The Balaban J connectivity index is 1.68. The van der Waals surface area contributed by atoms with Crippen molar-refractivity contribution in [3.8, 4) is 6.07 Å². The molecule has 1 unspecified atom stereocenters. The molecule has 3 aromatic rings. The second-order valence-electron chi connectivity index (χ2n) is 5.19. The van der Waals surface area contributed by atoms with Crippen molar-refractivity contribution < 1.29 is 0 Å². The Morgan fingerprint density at radius 2 is 1.92 bits per heavy atom. The standard InChI is InChI=1S/C18H16N6/c19-12-16(15-4-8-20-9-5-15)17-6-11-23-18(24-17)22-10-3-14-2-1-7-21-13-14/h1-2,4-9,11,13,16H,3,10H2,(H,22,23,24). The fraction of sp³-hybridized carbons (Fsp3) is 0.167. The molecule has 3 heterocycles. The van der Waals surface area contributed by atoms with Gasteiger partial charge in [-0.1, -0.05) is 6.07 Å². The maximum atomic E-state index is 9.49. The van der Waals surface area contributed by atoms with E-state index in [2.05, 4.69) is 31.3 Å². The molecule has 0 aliphatic rings. The minimum absolute atomic E-state index is 0.435. The molecule has 0 saturated carbocycles. The van der Waals surface area contributed by atoms with E-state index in [1.165, 1.54) is 0 Å². The van der Waals surface area contributed by atoms with E-state index in [1.807, 2.05) is 30.5 Å². The van der Waals surface area contributed by atoms with Crippen molar-refractivity contribution in [3.05, 3.63) is 78.1 Å². The van der Waals surface area contributed by atoms with Crippen LogP contribution in [0.5, 0.6) is 0 Å². The van der Waals surface area contributed by atoms with Crippen molar-refractivity contribution in [1.29, 1.82) is 5.26 Å². The van der Waals surface area contributed by atoms with Gasteiger partial charge in [-0.05, 0) is 41.8 Å². The van der Waals surface area contributed by atoms with Crippen molar-refractivity contribution in [2.75, 3.05) is 11.9 Å². The average Bonchev–Trinajstić information content (AvgIpc) is 2.65. The molecule has 118 valence electrons. The maximum absolute atomic E-state index is 9.49. The minimum atomic E-state index is -0.435. The molecule has 0 fully saturated rings. The van der Waals surface area contributed by atoms with Crippen molar-refractivity contribution in [2.45, 2.75) is 12.3 Å². The van der Waals surface area contributed by atoms with Gasteiger partial charge >= 0.3 is 0 Å². The molecule has 0 radical (unpaired) electrons. The van der Waals surface area contributed by atoms with Crippen molar-refractivity contribution >= 4 is 5.95 Å². The number of anilines is 1. The lowest BCUT2D eigenvalue weighted by molar-refractivity contribution is 0.919. The predicted octanol–water partition coefficient (Wildman–Crippen LogP) is 2.58. The van der Waals surface area contributed by atoms with Crippen LogP contribution in [0.4, 0.5) is 5.95 Å². The number of pyridine rings is 2. The molecule has 1 atom stereocenters. The monoisotopic (exact) mass is 316 g/mol. The highest BCUT2D eigenvalue weighted by molar-refractivity contribution is 5.36. The van der Waals surface area contributed by atoms with Gasteiger partial charge in [-0.15, -0.1) is 0 Å². The molecule has 0 spiro atoms. The third-order valence-corrected chi connectivity index (χ3v) is 3.56. The van der Waals surface area contributed by atoms with Gasteiger partial charge in [0, 0.05) is 37.5 Å². The first-order chi connectivity index (χ1) is 11.9. The number of hydrogen-bond acceptors (Lipinski definition) is 6. The summed E-state index contributed by atoms with van der Waals surface area (Å²) in [6.07, 6.45) is 9.44. The maximum Gasteiger partial charge on any atom is 0.222 e. The molecule has 1 N–H and O–H groups in total. The second-order valence-corrected chi connectivity index (χ2v) is 5.19. The summed E-state index contributed by atoms with van der Waals surface area (Å²) in [5, 5.41) is 12.7. The number of aromatic nitrogens is 4. The molecule has 6 nitrogen and oxygen atoms in total. The van der Waals surface area contributed by atoms with Crippen LogP contribution in [0.1, 0.15) is 22.7 Å². The van der Waals surface area contributed by atoms with Gasteiger partial charge in [0.05, 0.1) is 11.8 Å². The van der Waals surface area contributed by atoms with Gasteiger partial charge in [-0.3, -0.25) is 9.97 Å². The lowest BCUT2D eigenvalue weighted by Crippen LogP contribution is -2.10. The van der Waals surface area contributed by atoms with Crippen LogP contribution in [0, 0.1) is 11.3 Å². The zero-order valence-electron chi connectivity index (χ0n) is 13.0. The molecule has 3 aromatic heterocycles. The molecule has 24 heavy (non-hydrogen) atoms. The molecular weight excluding hydrogens is 300 g/mol. The van der Waals surface area contributed by atoms with Crippen LogP contribution < -0.4 is 5.32 Å². The van der Waals surface area contributed by atoms with E-state index in [0.29, 0.717) is 18.2 Å². The van der Waals surface area contributed by atoms with E-state index in [0.717, 1.165) is 17.5 Å². The number of nitrogens with one attached hydrogen (secondary N) is 1. The van der Waals surface area contributed by atoms with Crippen LogP contribution in [-0.4, -0.2) is 26.5 Å². The summed E-state index contributed by atoms with van der Waals surface area (Å²) in [4.78, 5) is 16.8. The summed E-state index contributed by atoms with van der Waals surface area (Å²) in [5.41, 5.74) is 2.68. The SMILES string of the molecule is N#CC(c1ccncc1)c1ccnc(NCCc2cccnc2)n1. The fourth-order valence-corrected chi connectivity index (χ4v) is 2.35. The molecule has 3 rings (SSSR count). The van der Waals surface area contributed by atoms with E-state index in [1.54, 1.807) is 30.9 Å². The average molecular weight is 316 g/mol. The Labute approximate surface area is 140 Å². The Hall–Kier alpha value is -3.33. The van der Waals surface area contributed by atoms with Crippen LogP contribution in [0.3, 0.4) is 0 Å². The van der Waals surface area contributed by atoms with E-state index in [-0.39, 0.29) is 0 Å². The van der Waals surface area contributed by atoms with Gasteiger partial charge < -0.3 is 5.32 Å². The van der Waals surface area contributed by atoms with Crippen LogP contribution in [0.25, 0.3) is 0 Å². The number of hydrogen-bond donors (Lipinski definition) is 1. The summed E-state index contributed by atoms with van der Waals surface area (Å²) >= 11 is 0. The zero-order valence-corrected chi connectivity index (χ0v) is 13.0. The highest BCUT2D eigenvalue weighted by Gasteiger charge is 2.15. The number of rotatable bonds is 6. The Morgan fingerprint density at radius 1 is 1.04 bits per heavy atom. The largest absolute Gasteiger partial charge is 0.354 e. The van der Waals surface area contributed by atoms with Crippen LogP contribution in [0.15, 0.2) is 61.3 Å². The van der Waals surface area contributed by atoms with Crippen LogP contribution in [0.2, 0.25) is 0 Å². The van der Waals surface area contributed by atoms with E-state index in [4.69, 9.17) is 0 Å². The van der Waals surface area contributed by atoms with E-state index < -0.39 is 5.92 Å². The van der Waals surface area contributed by atoms with Crippen molar-refractivity contribution in [3.63, 3.8) is 0 Å². The van der Waals surface area contributed by atoms with Gasteiger partial charge in [-0.25, -0.2) is 9.97 Å². The summed E-state index contributed by atoms with van der Waals surface area (Å²) in [6.45, 7) is 0.696. The minimum Gasteiger partial charge on any atom is -0.354 e. The fourth-order valence-electron chi connectivity index (χ4n) is 2.35. The quantitative estimate of drug-likeness (QED) is 0.752. The molecule has 6 heteroatoms. The molecule has 0 aliphatic heterocycles. The van der Waals surface area contributed by atoms with Gasteiger partial charge in [0.1, 0.15) is 5.92 Å². The van der Waals surface area contributed by atoms with Crippen molar-refractivity contribution in [2.24, 2.45) is 0 Å². The molecule has 0 bridgehead atoms. The van der Waals surface area contributed by atoms with Gasteiger partial charge in [0.25, 0.3) is 0 Å². The number of nitriles is 1. The first-order valence-corrected chi connectivity index (χ1v) is 7.62. The molecule has 0 aliphatic carbocycles.